The molecule has 4 aromatic rings. The van der Waals surface area contributed by atoms with Crippen molar-refractivity contribution in [2.45, 2.75) is 39.5 Å². The summed E-state index contributed by atoms with van der Waals surface area (Å²) in [5.74, 6) is 0. The maximum atomic E-state index is 12.7. The number of hydrogen-bond acceptors (Lipinski definition) is 4. The zero-order valence-corrected chi connectivity index (χ0v) is 22.9. The minimum Gasteiger partial charge on any atom is -0.295 e. The van der Waals surface area contributed by atoms with E-state index in [4.69, 9.17) is 23.2 Å². The van der Waals surface area contributed by atoms with Crippen molar-refractivity contribution in [2.24, 2.45) is 9.98 Å². The first-order valence-corrected chi connectivity index (χ1v) is 13.3. The van der Waals surface area contributed by atoms with Gasteiger partial charge in [0.1, 0.15) is 0 Å². The highest BCUT2D eigenvalue weighted by atomic mass is 35.5. The van der Waals surface area contributed by atoms with Crippen LogP contribution in [0, 0.1) is 13.8 Å². The molecule has 0 aliphatic heterocycles. The van der Waals surface area contributed by atoms with Crippen LogP contribution in [0.25, 0.3) is 11.4 Å². The first-order valence-electron chi connectivity index (χ1n) is 12.5. The summed E-state index contributed by atoms with van der Waals surface area (Å²) >= 11 is 11.9. The van der Waals surface area contributed by atoms with Crippen LogP contribution in [-0.2, 0) is 0 Å². The van der Waals surface area contributed by atoms with Gasteiger partial charge in [-0.15, -0.1) is 0 Å². The number of rotatable bonds is 11. The topological polar surface area (TPSA) is 100 Å². The lowest BCUT2D eigenvalue weighted by molar-refractivity contribution is 0.655. The van der Waals surface area contributed by atoms with Gasteiger partial charge in [0.05, 0.1) is 22.5 Å². The number of unbranched alkanes of at least 4 members (excludes halogenated alkanes) is 3. The van der Waals surface area contributed by atoms with Crippen LogP contribution in [0.5, 0.6) is 0 Å². The molecule has 0 spiro atoms. The summed E-state index contributed by atoms with van der Waals surface area (Å²) in [6.45, 7) is 5.03. The van der Waals surface area contributed by atoms with Gasteiger partial charge < -0.3 is 0 Å². The lowest BCUT2D eigenvalue weighted by Gasteiger charge is -2.00. The van der Waals surface area contributed by atoms with Crippen molar-refractivity contribution in [3.8, 4) is 11.4 Å². The summed E-state index contributed by atoms with van der Waals surface area (Å²) in [5.41, 5.74) is 3.84. The highest BCUT2D eigenvalue weighted by molar-refractivity contribution is 6.30. The third kappa shape index (κ3) is 6.62. The molecule has 4 rings (SSSR count). The summed E-state index contributed by atoms with van der Waals surface area (Å²) < 4.78 is 2.99. The van der Waals surface area contributed by atoms with Crippen molar-refractivity contribution in [1.82, 2.24) is 19.6 Å². The molecule has 8 nitrogen and oxygen atoms in total. The van der Waals surface area contributed by atoms with Gasteiger partial charge in [-0.2, -0.15) is 0 Å². The second-order valence-corrected chi connectivity index (χ2v) is 9.89. The van der Waals surface area contributed by atoms with Crippen LogP contribution in [0.15, 0.2) is 68.1 Å². The molecule has 2 aromatic carbocycles. The number of halogens is 2. The Bertz CT molecular complexity index is 1420. The lowest BCUT2D eigenvalue weighted by atomic mass is 10.2. The number of aromatic amines is 2. The normalized spacial score (nSPS) is 11.8. The molecule has 2 N–H and O–H groups in total. The molecule has 0 radical (unpaired) electrons. The number of benzene rings is 2. The Morgan fingerprint density at radius 2 is 1.03 bits per heavy atom. The van der Waals surface area contributed by atoms with Gasteiger partial charge in [0.2, 0.25) is 0 Å². The van der Waals surface area contributed by atoms with Crippen LogP contribution in [0.2, 0.25) is 10.0 Å². The molecule has 0 aliphatic rings. The summed E-state index contributed by atoms with van der Waals surface area (Å²) in [6.07, 6.45) is 7.19. The summed E-state index contributed by atoms with van der Waals surface area (Å²) in [6, 6.07) is 14.2. The minimum atomic E-state index is -0.135. The molecule has 0 bridgehead atoms. The molecule has 0 unspecified atom stereocenters. The number of aliphatic imine (C=N–C) groups is 2. The number of H-pyrrole nitrogens is 2. The summed E-state index contributed by atoms with van der Waals surface area (Å²) in [4.78, 5) is 34.4. The highest BCUT2D eigenvalue weighted by Crippen LogP contribution is 2.13. The highest BCUT2D eigenvalue weighted by Gasteiger charge is 2.11. The van der Waals surface area contributed by atoms with Gasteiger partial charge in [-0.3, -0.25) is 29.8 Å². The summed E-state index contributed by atoms with van der Waals surface area (Å²) in [5, 5.41) is 7.42. The van der Waals surface area contributed by atoms with Crippen molar-refractivity contribution in [2.75, 3.05) is 13.1 Å². The largest absolute Gasteiger partial charge is 0.295 e. The van der Waals surface area contributed by atoms with E-state index in [0.717, 1.165) is 48.4 Å². The van der Waals surface area contributed by atoms with Gasteiger partial charge in [0, 0.05) is 47.0 Å². The molecule has 0 fully saturated rings. The predicted octanol–water partition coefficient (Wildman–Crippen LogP) is 5.67. The quantitative estimate of drug-likeness (QED) is 0.185. The smallest absolute Gasteiger partial charge is 0.280 e. The maximum Gasteiger partial charge on any atom is 0.280 e. The van der Waals surface area contributed by atoms with Crippen LogP contribution in [0.4, 0.5) is 0 Å². The molecule has 0 amide bonds. The van der Waals surface area contributed by atoms with E-state index in [9.17, 15) is 9.59 Å². The second-order valence-electron chi connectivity index (χ2n) is 9.02. The fourth-order valence-corrected chi connectivity index (χ4v) is 4.29. The first-order chi connectivity index (χ1) is 18.3. The Balaban J connectivity index is 1.20. The average Bonchev–Trinajstić information content (AvgIpc) is 3.35. The molecule has 0 saturated carbocycles. The second kappa shape index (κ2) is 12.8. The van der Waals surface area contributed by atoms with Gasteiger partial charge in [0.15, 0.2) is 0 Å². The number of hydrogen-bond donors (Lipinski definition) is 2. The number of nitrogens with zero attached hydrogens (tertiary/aromatic N) is 4. The van der Waals surface area contributed by atoms with Crippen LogP contribution in [0.3, 0.4) is 0 Å². The van der Waals surface area contributed by atoms with E-state index in [0.29, 0.717) is 34.3 Å². The Labute approximate surface area is 230 Å². The average molecular weight is 553 g/mol. The van der Waals surface area contributed by atoms with Crippen molar-refractivity contribution in [3.05, 3.63) is 102 Å². The molecule has 2 heterocycles. The predicted molar refractivity (Wildman–Crippen MR) is 156 cm³/mol. The zero-order chi connectivity index (χ0) is 27.1. The summed E-state index contributed by atoms with van der Waals surface area (Å²) in [7, 11) is 0. The maximum absolute atomic E-state index is 12.7. The van der Waals surface area contributed by atoms with E-state index in [1.165, 1.54) is 9.36 Å². The van der Waals surface area contributed by atoms with E-state index in [-0.39, 0.29) is 11.1 Å². The number of aryl methyl sites for hydroxylation is 2. The van der Waals surface area contributed by atoms with E-state index in [2.05, 4.69) is 20.2 Å². The Hall–Kier alpha value is -3.62. The van der Waals surface area contributed by atoms with Crippen molar-refractivity contribution in [1.29, 1.82) is 0 Å². The van der Waals surface area contributed by atoms with Crippen molar-refractivity contribution < 1.29 is 0 Å². The third-order valence-electron chi connectivity index (χ3n) is 6.17. The molecule has 198 valence electrons. The molecular formula is C28H30Cl2N6O2. The first kappa shape index (κ1) is 27.4. The molecule has 0 aliphatic carbocycles. The van der Waals surface area contributed by atoms with Gasteiger partial charge in [0.25, 0.3) is 11.1 Å². The standard InChI is InChI=1S/C28H30Cl2N6O2/c1-19-25(27(37)35(33-19)23-11-7-21(29)8-12-23)17-31-15-5-3-4-6-16-32-18-26-20(2)34-36(28(26)38)24-13-9-22(30)10-14-24/h7-14,17-18,33-34H,3-6,15-16H2,1-2H3. The minimum absolute atomic E-state index is 0.135. The van der Waals surface area contributed by atoms with Gasteiger partial charge in [-0.05, 0) is 75.2 Å². The Morgan fingerprint density at radius 3 is 1.39 bits per heavy atom. The van der Waals surface area contributed by atoms with Crippen molar-refractivity contribution in [3.63, 3.8) is 0 Å². The van der Waals surface area contributed by atoms with Crippen LogP contribution < -0.4 is 11.1 Å². The molecular weight excluding hydrogens is 523 g/mol. The third-order valence-corrected chi connectivity index (χ3v) is 6.67. The Morgan fingerprint density at radius 1 is 0.658 bits per heavy atom. The fraction of sp³-hybridized carbons (Fsp3) is 0.286. The van der Waals surface area contributed by atoms with Gasteiger partial charge in [-0.25, -0.2) is 9.36 Å². The zero-order valence-electron chi connectivity index (χ0n) is 21.4. The molecule has 2 aromatic heterocycles. The van der Waals surface area contributed by atoms with Gasteiger partial charge >= 0.3 is 0 Å². The fourth-order valence-electron chi connectivity index (χ4n) is 4.04. The van der Waals surface area contributed by atoms with Crippen LogP contribution in [-0.4, -0.2) is 45.1 Å². The molecule has 0 saturated heterocycles. The van der Waals surface area contributed by atoms with Gasteiger partial charge in [-0.1, -0.05) is 36.0 Å². The van der Waals surface area contributed by atoms with Crippen LogP contribution in [0.1, 0.15) is 48.2 Å². The SMILES string of the molecule is Cc1[nH]n(-c2ccc(Cl)cc2)c(=O)c1C=NCCCCCCN=Cc1c(C)[nH]n(-c2ccc(Cl)cc2)c1=O. The van der Waals surface area contributed by atoms with E-state index in [1.807, 2.05) is 13.8 Å². The Kier molecular flexibility index (Phi) is 9.20. The monoisotopic (exact) mass is 552 g/mol. The molecule has 0 atom stereocenters. The van der Waals surface area contributed by atoms with E-state index < -0.39 is 0 Å². The van der Waals surface area contributed by atoms with E-state index >= 15 is 0 Å². The molecule has 10 heteroatoms. The number of aromatic nitrogens is 4. The molecule has 38 heavy (non-hydrogen) atoms. The number of nitrogens with one attached hydrogen (secondary N) is 2. The van der Waals surface area contributed by atoms with E-state index in [1.54, 1.807) is 61.0 Å². The van der Waals surface area contributed by atoms with Crippen LogP contribution >= 0.6 is 23.2 Å². The van der Waals surface area contributed by atoms with Crippen molar-refractivity contribution >= 4 is 35.6 Å². The lowest BCUT2D eigenvalue weighted by Crippen LogP contribution is -2.17.